The summed E-state index contributed by atoms with van der Waals surface area (Å²) in [6.07, 6.45) is 2.70. The molecule has 1 aliphatic rings. The smallest absolute Gasteiger partial charge is 0.00501 e. The Hall–Kier alpha value is -1.13. The van der Waals surface area contributed by atoms with Crippen LogP contribution in [0.5, 0.6) is 0 Å². The maximum absolute atomic E-state index is 2.46. The molecule has 1 fully saturated rings. The van der Waals surface area contributed by atoms with Gasteiger partial charge in [-0.25, -0.2) is 0 Å². The van der Waals surface area contributed by atoms with Gasteiger partial charge in [-0.1, -0.05) is 69.3 Å². The third kappa shape index (κ3) is 3.45. The zero-order valence-corrected chi connectivity index (χ0v) is 17.0. The van der Waals surface area contributed by atoms with Crippen LogP contribution in [0.4, 0.5) is 0 Å². The molecule has 0 spiro atoms. The van der Waals surface area contributed by atoms with Gasteiger partial charge in [0.05, 0.1) is 0 Å². The van der Waals surface area contributed by atoms with E-state index in [0.717, 1.165) is 17.0 Å². The summed E-state index contributed by atoms with van der Waals surface area (Å²) in [6.45, 7) is 13.8. The molecule has 1 heterocycles. The highest BCUT2D eigenvalue weighted by Crippen LogP contribution is 2.72. The second-order valence-corrected chi connectivity index (χ2v) is 11.1. The molecule has 0 saturated carbocycles. The van der Waals surface area contributed by atoms with Gasteiger partial charge in [0, 0.05) is 11.3 Å². The lowest BCUT2D eigenvalue weighted by molar-refractivity contribution is 0.764. The monoisotopic (exact) mass is 338 g/mol. The van der Waals surface area contributed by atoms with E-state index in [0.29, 0.717) is 0 Å². The zero-order chi connectivity index (χ0) is 17.4. The predicted molar refractivity (Wildman–Crippen MR) is 109 cm³/mol. The molecule has 1 aliphatic heterocycles. The fourth-order valence-electron chi connectivity index (χ4n) is 4.40. The molecule has 0 bridgehead atoms. The summed E-state index contributed by atoms with van der Waals surface area (Å²) in [4.78, 5) is 0. The average Bonchev–Trinajstić information content (AvgIpc) is 2.94. The molecule has 128 valence electrons. The van der Waals surface area contributed by atoms with Crippen molar-refractivity contribution in [2.45, 2.75) is 71.4 Å². The summed E-state index contributed by atoms with van der Waals surface area (Å²) < 4.78 is 0. The van der Waals surface area contributed by atoms with Crippen LogP contribution in [0.15, 0.2) is 36.4 Å². The van der Waals surface area contributed by atoms with Crippen molar-refractivity contribution in [1.82, 2.24) is 0 Å². The summed E-state index contributed by atoms with van der Waals surface area (Å²) >= 11 is 0. The van der Waals surface area contributed by atoms with Crippen molar-refractivity contribution < 1.29 is 0 Å². The van der Waals surface area contributed by atoms with Gasteiger partial charge in [-0.3, -0.25) is 0 Å². The fraction of sp³-hybridized carbons (Fsp3) is 0.478. The van der Waals surface area contributed by atoms with Crippen molar-refractivity contribution in [2.24, 2.45) is 0 Å². The summed E-state index contributed by atoms with van der Waals surface area (Å²) in [5.74, 6) is 0. The molecular weight excluding hydrogens is 307 g/mol. The lowest BCUT2D eigenvalue weighted by Gasteiger charge is -2.31. The zero-order valence-electron chi connectivity index (χ0n) is 16.1. The van der Waals surface area contributed by atoms with E-state index in [1.54, 1.807) is 11.1 Å². The van der Waals surface area contributed by atoms with E-state index < -0.39 is 0 Å². The van der Waals surface area contributed by atoms with Gasteiger partial charge in [0.1, 0.15) is 0 Å². The topological polar surface area (TPSA) is 0 Å². The molecule has 0 aromatic heterocycles. The minimum atomic E-state index is -0.0303. The number of rotatable bonds is 3. The first-order valence-corrected chi connectivity index (χ1v) is 10.8. The van der Waals surface area contributed by atoms with E-state index in [1.165, 1.54) is 35.1 Å². The first kappa shape index (κ1) is 17.7. The summed E-state index contributed by atoms with van der Waals surface area (Å²) in [6, 6.07) is 14.4. The summed E-state index contributed by atoms with van der Waals surface area (Å²) in [5.41, 5.74) is 11.2. The van der Waals surface area contributed by atoms with Crippen molar-refractivity contribution in [3.8, 4) is 0 Å². The van der Waals surface area contributed by atoms with Gasteiger partial charge in [-0.2, -0.15) is 0 Å². The highest BCUT2D eigenvalue weighted by atomic mass is 31.1. The van der Waals surface area contributed by atoms with Crippen LogP contribution < -0.4 is 0 Å². The Labute approximate surface area is 149 Å². The number of hydrogen-bond acceptors (Lipinski definition) is 0. The molecule has 3 atom stereocenters. The van der Waals surface area contributed by atoms with Crippen LogP contribution in [-0.2, 0) is 0 Å². The molecule has 0 radical (unpaired) electrons. The van der Waals surface area contributed by atoms with Gasteiger partial charge < -0.3 is 0 Å². The number of aryl methyl sites for hydroxylation is 4. The van der Waals surface area contributed by atoms with Crippen molar-refractivity contribution in [2.75, 3.05) is 0 Å². The van der Waals surface area contributed by atoms with E-state index in [4.69, 9.17) is 0 Å². The van der Waals surface area contributed by atoms with Crippen LogP contribution in [-0.4, -0.2) is 5.66 Å². The third-order valence-corrected chi connectivity index (χ3v) is 9.32. The van der Waals surface area contributed by atoms with Crippen molar-refractivity contribution in [3.63, 3.8) is 0 Å². The van der Waals surface area contributed by atoms with Gasteiger partial charge in [0.2, 0.25) is 0 Å². The molecule has 0 nitrogen and oxygen atoms in total. The number of hydrogen-bond donors (Lipinski definition) is 0. The molecule has 1 saturated heterocycles. The maximum Gasteiger partial charge on any atom is 0.00501 e. The van der Waals surface area contributed by atoms with Crippen molar-refractivity contribution in [1.29, 1.82) is 0 Å². The molecule has 0 N–H and O–H groups in total. The predicted octanol–water partition coefficient (Wildman–Crippen LogP) is 7.39. The van der Waals surface area contributed by atoms with Crippen LogP contribution in [0.25, 0.3) is 0 Å². The lowest BCUT2D eigenvalue weighted by Crippen LogP contribution is -2.04. The first-order valence-electron chi connectivity index (χ1n) is 9.29. The van der Waals surface area contributed by atoms with Gasteiger partial charge in [-0.05, 0) is 68.4 Å². The molecule has 0 aliphatic carbocycles. The maximum atomic E-state index is 2.46. The van der Waals surface area contributed by atoms with E-state index in [9.17, 15) is 0 Å². The van der Waals surface area contributed by atoms with Crippen LogP contribution in [0.3, 0.4) is 0 Å². The molecular formula is C23H31P. The number of benzene rings is 2. The minimum absolute atomic E-state index is 0.0303. The van der Waals surface area contributed by atoms with E-state index in [-0.39, 0.29) is 7.92 Å². The normalized spacial score (nSPS) is 23.9. The van der Waals surface area contributed by atoms with Crippen LogP contribution in [0.2, 0.25) is 0 Å². The molecule has 0 amide bonds. The standard InChI is InChI=1S/C23H31P/c1-15(2)24-22(20-8-7-18(5)19(6)14-20)9-10-23(24)21-12-16(3)11-17(4)13-21/h7-8,11-15,22-23H,9-10H2,1-6H3. The summed E-state index contributed by atoms with van der Waals surface area (Å²) in [5, 5.41) is 0. The molecule has 2 aromatic carbocycles. The van der Waals surface area contributed by atoms with Crippen LogP contribution >= 0.6 is 7.92 Å². The van der Waals surface area contributed by atoms with Crippen LogP contribution in [0, 0.1) is 27.7 Å². The Morgan fingerprint density at radius 2 is 1.33 bits per heavy atom. The van der Waals surface area contributed by atoms with Gasteiger partial charge in [0.15, 0.2) is 0 Å². The highest BCUT2D eigenvalue weighted by molar-refractivity contribution is 7.59. The lowest BCUT2D eigenvalue weighted by atomic mass is 9.99. The van der Waals surface area contributed by atoms with Gasteiger partial charge >= 0.3 is 0 Å². The molecule has 3 rings (SSSR count). The van der Waals surface area contributed by atoms with Gasteiger partial charge in [0.25, 0.3) is 0 Å². The molecule has 1 heteroatoms. The van der Waals surface area contributed by atoms with Crippen molar-refractivity contribution >= 4 is 7.92 Å². The fourth-order valence-corrected chi connectivity index (χ4v) is 8.17. The Morgan fingerprint density at radius 1 is 0.750 bits per heavy atom. The Kier molecular flexibility index (Phi) is 5.16. The van der Waals surface area contributed by atoms with E-state index in [2.05, 4.69) is 77.9 Å². The highest BCUT2D eigenvalue weighted by Gasteiger charge is 2.39. The van der Waals surface area contributed by atoms with Crippen molar-refractivity contribution in [3.05, 3.63) is 69.8 Å². The average molecular weight is 338 g/mol. The second-order valence-electron chi connectivity index (χ2n) is 7.91. The molecule has 24 heavy (non-hydrogen) atoms. The summed E-state index contributed by atoms with van der Waals surface area (Å²) in [7, 11) is -0.0303. The van der Waals surface area contributed by atoms with E-state index in [1.807, 2.05) is 0 Å². The van der Waals surface area contributed by atoms with Gasteiger partial charge in [-0.15, -0.1) is 0 Å². The quantitative estimate of drug-likeness (QED) is 0.512. The minimum Gasteiger partial charge on any atom is -0.0887 e. The van der Waals surface area contributed by atoms with Crippen LogP contribution in [0.1, 0.15) is 71.4 Å². The molecule has 3 unspecified atom stereocenters. The molecule has 2 aromatic rings. The second kappa shape index (κ2) is 7.01. The first-order chi connectivity index (χ1) is 11.4. The Morgan fingerprint density at radius 3 is 1.88 bits per heavy atom. The Bertz CT molecular complexity index is 709. The SMILES string of the molecule is Cc1cc(C)cc(C2CCC(c3ccc(C)c(C)c3)P2C(C)C)c1. The third-order valence-electron chi connectivity index (χ3n) is 5.57. The Balaban J connectivity index is 1.97. The largest absolute Gasteiger partial charge is 0.0887 e. The van der Waals surface area contributed by atoms with E-state index >= 15 is 0 Å².